The molecule has 0 radical (unpaired) electrons. The van der Waals surface area contributed by atoms with Crippen LogP contribution >= 0.6 is 11.8 Å². The normalized spacial score (nSPS) is 18.7. The zero-order valence-electron chi connectivity index (χ0n) is 18.6. The van der Waals surface area contributed by atoms with Crippen molar-refractivity contribution >= 4 is 34.7 Å². The van der Waals surface area contributed by atoms with Crippen molar-refractivity contribution < 1.29 is 14.3 Å². The molecule has 1 aromatic heterocycles. The van der Waals surface area contributed by atoms with E-state index in [1.54, 1.807) is 0 Å². The largest absolute Gasteiger partial charge is 0.378 e. The topological polar surface area (TPSA) is 54.8 Å². The fourth-order valence-corrected chi connectivity index (χ4v) is 4.97. The lowest BCUT2D eigenvalue weighted by Crippen LogP contribution is -2.36. The zero-order valence-corrected chi connectivity index (χ0v) is 19.4. The predicted molar refractivity (Wildman–Crippen MR) is 126 cm³/mol. The Morgan fingerprint density at radius 2 is 1.71 bits per heavy atom. The number of carbonyl (C=O) groups is 2. The molecule has 0 unspecified atom stereocenters. The number of hydrogen-bond acceptors (Lipinski definition) is 5. The number of aromatic nitrogens is 1. The van der Waals surface area contributed by atoms with Crippen LogP contribution in [0.2, 0.25) is 0 Å². The standard InChI is InChI=1S/C24H29N3O3S/c1-16(2)15-26-23(28)22(31-24(26)29)14-19-13-17(3)27(18(19)4)21-7-5-20(6-8-21)25-9-11-30-12-10-25/h5-8,13-14,16H,9-12,15H2,1-4H3/b22-14-. The van der Waals surface area contributed by atoms with Gasteiger partial charge in [-0.05, 0) is 73.5 Å². The molecule has 3 heterocycles. The molecule has 2 amide bonds. The molecule has 4 rings (SSSR count). The molecule has 2 aliphatic heterocycles. The first-order valence-electron chi connectivity index (χ1n) is 10.7. The highest BCUT2D eigenvalue weighted by atomic mass is 32.2. The molecule has 6 nitrogen and oxygen atoms in total. The fourth-order valence-electron chi connectivity index (χ4n) is 4.13. The van der Waals surface area contributed by atoms with E-state index in [2.05, 4.69) is 46.7 Å². The van der Waals surface area contributed by atoms with E-state index < -0.39 is 0 Å². The highest BCUT2D eigenvalue weighted by Gasteiger charge is 2.35. The molecule has 31 heavy (non-hydrogen) atoms. The summed E-state index contributed by atoms with van der Waals surface area (Å²) in [7, 11) is 0. The second kappa shape index (κ2) is 8.93. The number of ether oxygens (including phenoxy) is 1. The van der Waals surface area contributed by atoms with Crippen LogP contribution in [0.4, 0.5) is 10.5 Å². The summed E-state index contributed by atoms with van der Waals surface area (Å²) in [5.41, 5.74) is 5.38. The van der Waals surface area contributed by atoms with Crippen LogP contribution in [0.15, 0.2) is 35.2 Å². The Morgan fingerprint density at radius 1 is 1.06 bits per heavy atom. The van der Waals surface area contributed by atoms with Crippen LogP contribution in [0.1, 0.15) is 30.8 Å². The Labute approximate surface area is 187 Å². The van der Waals surface area contributed by atoms with Gasteiger partial charge in [-0.3, -0.25) is 14.5 Å². The summed E-state index contributed by atoms with van der Waals surface area (Å²) in [6.07, 6.45) is 1.85. The van der Waals surface area contributed by atoms with Crippen molar-refractivity contribution in [1.29, 1.82) is 0 Å². The van der Waals surface area contributed by atoms with E-state index in [1.165, 1.54) is 10.6 Å². The smallest absolute Gasteiger partial charge is 0.293 e. The van der Waals surface area contributed by atoms with Crippen molar-refractivity contribution in [3.63, 3.8) is 0 Å². The summed E-state index contributed by atoms with van der Waals surface area (Å²) in [4.78, 5) is 29.2. The van der Waals surface area contributed by atoms with Crippen LogP contribution in [-0.4, -0.2) is 53.5 Å². The van der Waals surface area contributed by atoms with Crippen molar-refractivity contribution in [2.24, 2.45) is 5.92 Å². The van der Waals surface area contributed by atoms with Crippen molar-refractivity contribution in [2.45, 2.75) is 27.7 Å². The van der Waals surface area contributed by atoms with Crippen LogP contribution in [0.3, 0.4) is 0 Å². The summed E-state index contributed by atoms with van der Waals surface area (Å²) >= 11 is 1.03. The molecule has 0 bridgehead atoms. The Morgan fingerprint density at radius 3 is 2.35 bits per heavy atom. The van der Waals surface area contributed by atoms with Gasteiger partial charge in [0.05, 0.1) is 18.1 Å². The summed E-state index contributed by atoms with van der Waals surface area (Å²) in [5.74, 6) is 0.0571. The first-order valence-corrected chi connectivity index (χ1v) is 11.5. The third-order valence-corrected chi connectivity index (χ3v) is 6.57. The summed E-state index contributed by atoms with van der Waals surface area (Å²) in [5, 5.41) is -0.183. The molecule has 2 aliphatic rings. The number of anilines is 1. The molecule has 164 valence electrons. The maximum Gasteiger partial charge on any atom is 0.293 e. The Kier molecular flexibility index (Phi) is 6.25. The molecular weight excluding hydrogens is 410 g/mol. The van der Waals surface area contributed by atoms with Crippen molar-refractivity contribution in [1.82, 2.24) is 9.47 Å². The first kappa shape index (κ1) is 21.7. The lowest BCUT2D eigenvalue weighted by Gasteiger charge is -2.29. The van der Waals surface area contributed by atoms with Gasteiger partial charge in [-0.25, -0.2) is 0 Å². The molecule has 0 N–H and O–H groups in total. The van der Waals surface area contributed by atoms with Crippen LogP contribution < -0.4 is 4.90 Å². The molecule has 0 atom stereocenters. The van der Waals surface area contributed by atoms with E-state index >= 15 is 0 Å². The number of benzene rings is 1. The average molecular weight is 440 g/mol. The predicted octanol–water partition coefficient (Wildman–Crippen LogP) is 4.62. The van der Waals surface area contributed by atoms with Gasteiger partial charge in [0.1, 0.15) is 0 Å². The van der Waals surface area contributed by atoms with E-state index in [0.717, 1.165) is 60.7 Å². The number of aryl methyl sites for hydroxylation is 1. The van der Waals surface area contributed by atoms with Crippen molar-refractivity contribution in [3.05, 3.63) is 52.2 Å². The SMILES string of the molecule is Cc1cc(/C=C2\SC(=O)N(CC(C)C)C2=O)c(C)n1-c1ccc(N2CCOCC2)cc1. The van der Waals surface area contributed by atoms with Gasteiger partial charge in [0.15, 0.2) is 0 Å². The van der Waals surface area contributed by atoms with E-state index in [-0.39, 0.29) is 17.1 Å². The maximum atomic E-state index is 12.7. The number of imide groups is 1. The minimum atomic E-state index is -0.191. The van der Waals surface area contributed by atoms with Crippen LogP contribution in [0, 0.1) is 19.8 Å². The molecule has 2 saturated heterocycles. The van der Waals surface area contributed by atoms with Crippen molar-refractivity contribution in [3.8, 4) is 5.69 Å². The second-order valence-electron chi connectivity index (χ2n) is 8.46. The number of nitrogens with zero attached hydrogens (tertiary/aromatic N) is 3. The molecule has 2 aromatic rings. The van der Waals surface area contributed by atoms with Gasteiger partial charge in [0, 0.05) is 42.4 Å². The number of rotatable bonds is 5. The number of amides is 2. The highest BCUT2D eigenvalue weighted by Crippen LogP contribution is 2.34. The van der Waals surface area contributed by atoms with Crippen LogP contribution in [0.25, 0.3) is 11.8 Å². The summed E-state index contributed by atoms with van der Waals surface area (Å²) < 4.78 is 7.63. The van der Waals surface area contributed by atoms with Gasteiger partial charge in [-0.2, -0.15) is 0 Å². The quantitative estimate of drug-likeness (QED) is 0.636. The lowest BCUT2D eigenvalue weighted by molar-refractivity contribution is -0.123. The van der Waals surface area contributed by atoms with Crippen LogP contribution in [-0.2, 0) is 9.53 Å². The number of carbonyl (C=O) groups excluding carboxylic acids is 2. The Hall–Kier alpha value is -2.51. The third kappa shape index (κ3) is 4.43. The fraction of sp³-hybridized carbons (Fsp3) is 0.417. The van der Waals surface area contributed by atoms with E-state index in [9.17, 15) is 9.59 Å². The molecule has 0 saturated carbocycles. The monoisotopic (exact) mass is 439 g/mol. The zero-order chi connectivity index (χ0) is 22.1. The highest BCUT2D eigenvalue weighted by molar-refractivity contribution is 8.18. The first-order chi connectivity index (χ1) is 14.8. The van der Waals surface area contributed by atoms with Gasteiger partial charge in [0.25, 0.3) is 11.1 Å². The van der Waals surface area contributed by atoms with E-state index in [0.29, 0.717) is 11.4 Å². The molecule has 1 aromatic carbocycles. The molecular formula is C24H29N3O3S. The maximum absolute atomic E-state index is 12.7. The van der Waals surface area contributed by atoms with Gasteiger partial charge < -0.3 is 14.2 Å². The van der Waals surface area contributed by atoms with Crippen LogP contribution in [0.5, 0.6) is 0 Å². The third-order valence-electron chi connectivity index (χ3n) is 5.66. The van der Waals surface area contributed by atoms with E-state index in [4.69, 9.17) is 4.74 Å². The molecule has 2 fully saturated rings. The number of morpholine rings is 1. The molecule has 0 spiro atoms. The summed E-state index contributed by atoms with van der Waals surface area (Å²) in [6.45, 7) is 11.9. The minimum absolute atomic E-state index is 0.183. The lowest BCUT2D eigenvalue weighted by atomic mass is 10.2. The van der Waals surface area contributed by atoms with Gasteiger partial charge in [-0.15, -0.1) is 0 Å². The van der Waals surface area contributed by atoms with Gasteiger partial charge >= 0.3 is 0 Å². The molecule has 0 aliphatic carbocycles. The Balaban J connectivity index is 1.59. The minimum Gasteiger partial charge on any atom is -0.378 e. The molecule has 7 heteroatoms. The van der Waals surface area contributed by atoms with Gasteiger partial charge in [-0.1, -0.05) is 13.8 Å². The summed E-state index contributed by atoms with van der Waals surface area (Å²) in [6, 6.07) is 10.6. The van der Waals surface area contributed by atoms with E-state index in [1.807, 2.05) is 26.8 Å². The second-order valence-corrected chi connectivity index (χ2v) is 9.46. The van der Waals surface area contributed by atoms with Crippen molar-refractivity contribution in [2.75, 3.05) is 37.7 Å². The number of thioether (sulfide) groups is 1. The van der Waals surface area contributed by atoms with Gasteiger partial charge in [0.2, 0.25) is 0 Å². The average Bonchev–Trinajstić information content (AvgIpc) is 3.18. The number of hydrogen-bond donors (Lipinski definition) is 0. The Bertz CT molecular complexity index is 1020.